The molecule has 0 aliphatic rings. The van der Waals surface area contributed by atoms with E-state index in [2.05, 4.69) is 23.7 Å². The van der Waals surface area contributed by atoms with Crippen LogP contribution in [0.2, 0.25) is 0 Å². The number of thiocarbonyl (C=S) groups is 1. The highest BCUT2D eigenvalue weighted by molar-refractivity contribution is 8.32. The predicted octanol–water partition coefficient (Wildman–Crippen LogP) is 4.22. The lowest BCUT2D eigenvalue weighted by molar-refractivity contribution is 0.101. The van der Waals surface area contributed by atoms with E-state index in [1.54, 1.807) is 13.0 Å². The van der Waals surface area contributed by atoms with Gasteiger partial charge in [0, 0.05) is 32.7 Å². The number of para-hydroxylation sites is 1. The first-order valence-corrected chi connectivity index (χ1v) is 8.45. The Kier molecular flexibility index (Phi) is 10.1. The molecule has 4 nitrogen and oxygen atoms in total. The SMILES string of the molecule is CCN(CC)C(=S)SC(=Nc1ccccc1C(C)=O)N(C)C.Cl. The maximum Gasteiger partial charge on any atom is 0.171 e. The molecule has 0 amide bonds. The molecule has 1 aromatic rings. The topological polar surface area (TPSA) is 35.9 Å². The fourth-order valence-corrected chi connectivity index (χ4v) is 3.16. The standard InChI is InChI=1S/C16H23N3OS2.ClH/c1-6-19(7-2)16(21)22-15(18(4)5)17-14-11-9-8-10-13(14)12(3)20;/h8-11H,6-7H2,1-5H3;1H. The first-order valence-electron chi connectivity index (χ1n) is 7.23. The molecular weight excluding hydrogens is 350 g/mol. The number of carbonyl (C=O) groups is 1. The lowest BCUT2D eigenvalue weighted by Gasteiger charge is -2.23. The van der Waals surface area contributed by atoms with E-state index < -0.39 is 0 Å². The molecule has 0 aliphatic carbocycles. The van der Waals surface area contributed by atoms with Crippen molar-refractivity contribution in [1.29, 1.82) is 0 Å². The number of Topliss-reactive ketones (excluding diaryl/α,β-unsaturated/α-hetero) is 1. The number of aliphatic imine (C=N–C) groups is 1. The van der Waals surface area contributed by atoms with Crippen LogP contribution in [0.1, 0.15) is 31.1 Å². The van der Waals surface area contributed by atoms with Crippen molar-refractivity contribution in [2.75, 3.05) is 27.2 Å². The molecule has 0 aliphatic heterocycles. The number of thioether (sulfide) groups is 1. The summed E-state index contributed by atoms with van der Waals surface area (Å²) in [7, 11) is 3.85. The van der Waals surface area contributed by atoms with E-state index in [0.717, 1.165) is 22.6 Å². The zero-order valence-corrected chi connectivity index (χ0v) is 16.6. The summed E-state index contributed by atoms with van der Waals surface area (Å²) in [6, 6.07) is 7.37. The molecule has 23 heavy (non-hydrogen) atoms. The van der Waals surface area contributed by atoms with Crippen LogP contribution in [0.3, 0.4) is 0 Å². The van der Waals surface area contributed by atoms with Gasteiger partial charge in [-0.3, -0.25) is 4.79 Å². The molecule has 0 unspecified atom stereocenters. The number of ketones is 1. The molecular formula is C16H24ClN3OS2. The summed E-state index contributed by atoms with van der Waals surface area (Å²) in [5.41, 5.74) is 1.30. The van der Waals surface area contributed by atoms with E-state index in [1.165, 1.54) is 11.8 Å². The van der Waals surface area contributed by atoms with Crippen molar-refractivity contribution in [1.82, 2.24) is 9.80 Å². The van der Waals surface area contributed by atoms with Crippen molar-refractivity contribution >= 4 is 57.3 Å². The summed E-state index contributed by atoms with van der Waals surface area (Å²) < 4.78 is 0.790. The minimum Gasteiger partial charge on any atom is -0.358 e. The van der Waals surface area contributed by atoms with Gasteiger partial charge in [0.15, 0.2) is 11.0 Å². The van der Waals surface area contributed by atoms with Gasteiger partial charge in [-0.25, -0.2) is 4.99 Å². The first kappa shape index (κ1) is 21.9. The van der Waals surface area contributed by atoms with Crippen LogP contribution in [0.4, 0.5) is 5.69 Å². The quantitative estimate of drug-likeness (QED) is 0.342. The average molecular weight is 374 g/mol. The maximum absolute atomic E-state index is 11.7. The van der Waals surface area contributed by atoms with Crippen LogP contribution in [-0.2, 0) is 0 Å². The van der Waals surface area contributed by atoms with Crippen LogP contribution in [0, 0.1) is 0 Å². The van der Waals surface area contributed by atoms with Crippen LogP contribution in [0.15, 0.2) is 29.3 Å². The molecule has 0 bridgehead atoms. The van der Waals surface area contributed by atoms with Crippen molar-refractivity contribution in [3.8, 4) is 0 Å². The third-order valence-electron chi connectivity index (χ3n) is 3.08. The number of halogens is 1. The lowest BCUT2D eigenvalue weighted by atomic mass is 10.1. The van der Waals surface area contributed by atoms with Crippen molar-refractivity contribution in [2.45, 2.75) is 20.8 Å². The fourth-order valence-electron chi connectivity index (χ4n) is 1.81. The fraction of sp³-hybridized carbons (Fsp3) is 0.438. The molecule has 1 rings (SSSR count). The van der Waals surface area contributed by atoms with Gasteiger partial charge in [0.25, 0.3) is 0 Å². The summed E-state index contributed by atoms with van der Waals surface area (Å²) >= 11 is 6.93. The summed E-state index contributed by atoms with van der Waals surface area (Å²) in [5.74, 6) is 0.00813. The van der Waals surface area contributed by atoms with Gasteiger partial charge in [0.1, 0.15) is 4.32 Å². The van der Waals surface area contributed by atoms with Crippen LogP contribution < -0.4 is 0 Å². The molecule has 0 saturated carbocycles. The lowest BCUT2D eigenvalue weighted by Crippen LogP contribution is -2.30. The second-order valence-corrected chi connectivity index (χ2v) is 6.50. The number of hydrogen-bond acceptors (Lipinski definition) is 4. The number of amidine groups is 1. The number of hydrogen-bond donors (Lipinski definition) is 0. The number of nitrogens with zero attached hydrogens (tertiary/aromatic N) is 3. The molecule has 0 saturated heterocycles. The van der Waals surface area contributed by atoms with Gasteiger partial charge in [-0.05, 0) is 44.7 Å². The van der Waals surface area contributed by atoms with E-state index in [-0.39, 0.29) is 18.2 Å². The Bertz CT molecular complexity index is 572. The zero-order chi connectivity index (χ0) is 16.7. The number of rotatable bonds is 4. The summed E-state index contributed by atoms with van der Waals surface area (Å²) in [4.78, 5) is 20.4. The smallest absolute Gasteiger partial charge is 0.171 e. The highest BCUT2D eigenvalue weighted by Gasteiger charge is 2.14. The van der Waals surface area contributed by atoms with Crippen molar-refractivity contribution < 1.29 is 4.79 Å². The molecule has 0 aromatic heterocycles. The van der Waals surface area contributed by atoms with E-state index >= 15 is 0 Å². The Balaban J connectivity index is 0.00000484. The van der Waals surface area contributed by atoms with E-state index in [0.29, 0.717) is 11.3 Å². The monoisotopic (exact) mass is 373 g/mol. The third kappa shape index (κ3) is 6.49. The van der Waals surface area contributed by atoms with Crippen LogP contribution in [-0.4, -0.2) is 52.3 Å². The van der Waals surface area contributed by atoms with E-state index in [1.807, 2.05) is 37.2 Å². The highest BCUT2D eigenvalue weighted by atomic mass is 35.5. The summed E-state index contributed by atoms with van der Waals surface area (Å²) in [5, 5.41) is 0.769. The Morgan fingerprint density at radius 1 is 1.22 bits per heavy atom. The molecule has 0 atom stereocenters. The molecule has 0 spiro atoms. The van der Waals surface area contributed by atoms with Gasteiger partial charge in [0.05, 0.1) is 5.69 Å². The first-order chi connectivity index (χ1) is 10.4. The van der Waals surface area contributed by atoms with Gasteiger partial charge >= 0.3 is 0 Å². The Morgan fingerprint density at radius 3 is 2.26 bits per heavy atom. The normalized spacial score (nSPS) is 10.7. The van der Waals surface area contributed by atoms with E-state index in [4.69, 9.17) is 12.2 Å². The van der Waals surface area contributed by atoms with Crippen LogP contribution in [0.25, 0.3) is 0 Å². The van der Waals surface area contributed by atoms with Crippen molar-refractivity contribution in [3.05, 3.63) is 29.8 Å². The minimum absolute atomic E-state index is 0. The average Bonchev–Trinajstić information content (AvgIpc) is 2.48. The van der Waals surface area contributed by atoms with Crippen molar-refractivity contribution in [2.24, 2.45) is 4.99 Å². The van der Waals surface area contributed by atoms with Gasteiger partial charge in [0.2, 0.25) is 0 Å². The Hall–Kier alpha value is -1.11. The van der Waals surface area contributed by atoms with Gasteiger partial charge in [-0.2, -0.15) is 0 Å². The van der Waals surface area contributed by atoms with Gasteiger partial charge in [-0.1, -0.05) is 24.4 Å². The number of carbonyl (C=O) groups excluding carboxylic acids is 1. The van der Waals surface area contributed by atoms with Gasteiger partial charge < -0.3 is 9.80 Å². The van der Waals surface area contributed by atoms with Crippen LogP contribution in [0.5, 0.6) is 0 Å². The predicted molar refractivity (Wildman–Crippen MR) is 108 cm³/mol. The maximum atomic E-state index is 11.7. The van der Waals surface area contributed by atoms with Crippen LogP contribution >= 0.6 is 36.4 Å². The zero-order valence-electron chi connectivity index (χ0n) is 14.2. The molecule has 0 radical (unpaired) electrons. The Labute approximate surface area is 154 Å². The third-order valence-corrected chi connectivity index (χ3v) is 4.66. The molecule has 7 heteroatoms. The van der Waals surface area contributed by atoms with Gasteiger partial charge in [-0.15, -0.1) is 12.4 Å². The summed E-state index contributed by atoms with van der Waals surface area (Å²) in [6.45, 7) is 7.44. The largest absolute Gasteiger partial charge is 0.358 e. The molecule has 0 heterocycles. The van der Waals surface area contributed by atoms with E-state index in [9.17, 15) is 4.79 Å². The molecule has 128 valence electrons. The minimum atomic E-state index is 0. The highest BCUT2D eigenvalue weighted by Crippen LogP contribution is 2.23. The Morgan fingerprint density at radius 2 is 1.78 bits per heavy atom. The summed E-state index contributed by atoms with van der Waals surface area (Å²) in [6.07, 6.45) is 0. The number of benzene rings is 1. The second-order valence-electron chi connectivity index (χ2n) is 4.90. The molecule has 0 N–H and O–H groups in total. The molecule has 0 fully saturated rings. The second kappa shape index (κ2) is 10.6. The molecule has 1 aromatic carbocycles. The van der Waals surface area contributed by atoms with Crippen molar-refractivity contribution in [3.63, 3.8) is 0 Å².